The Bertz CT molecular complexity index is 189. The lowest BCUT2D eigenvalue weighted by molar-refractivity contribution is -0.145. The van der Waals surface area contributed by atoms with E-state index in [-0.39, 0.29) is 11.9 Å². The molecule has 0 aromatic heterocycles. The van der Waals surface area contributed by atoms with Crippen molar-refractivity contribution in [3.05, 3.63) is 0 Å². The standard InChI is InChI=1S/C10H20N2O2/c1-9(10(13)14-3)8-12-6-4-11(2)5-7-12/h9H,4-8H2,1-3H3/t9-/m1/s1. The van der Waals surface area contributed by atoms with Crippen molar-refractivity contribution >= 4 is 5.97 Å². The van der Waals surface area contributed by atoms with Gasteiger partial charge in [0, 0.05) is 32.7 Å². The fourth-order valence-electron chi connectivity index (χ4n) is 1.69. The highest BCUT2D eigenvalue weighted by atomic mass is 16.5. The van der Waals surface area contributed by atoms with Gasteiger partial charge in [-0.05, 0) is 7.05 Å². The third kappa shape index (κ3) is 3.27. The maximum atomic E-state index is 11.2. The Morgan fingerprint density at radius 1 is 1.36 bits per heavy atom. The molecular weight excluding hydrogens is 180 g/mol. The van der Waals surface area contributed by atoms with Crippen molar-refractivity contribution in [1.29, 1.82) is 0 Å². The number of ether oxygens (including phenoxy) is 1. The predicted molar refractivity (Wildman–Crippen MR) is 55.1 cm³/mol. The van der Waals surface area contributed by atoms with Crippen LogP contribution >= 0.6 is 0 Å². The molecule has 14 heavy (non-hydrogen) atoms. The molecule has 0 unspecified atom stereocenters. The number of likely N-dealkylation sites (N-methyl/N-ethyl adjacent to an activating group) is 1. The van der Waals surface area contributed by atoms with Crippen LogP contribution in [-0.2, 0) is 9.53 Å². The van der Waals surface area contributed by atoms with Gasteiger partial charge in [0.15, 0.2) is 0 Å². The summed E-state index contributed by atoms with van der Waals surface area (Å²) in [5.41, 5.74) is 0. The van der Waals surface area contributed by atoms with Crippen molar-refractivity contribution in [1.82, 2.24) is 9.80 Å². The van der Waals surface area contributed by atoms with Gasteiger partial charge in [0.1, 0.15) is 0 Å². The topological polar surface area (TPSA) is 32.8 Å². The van der Waals surface area contributed by atoms with E-state index in [1.807, 2.05) is 6.92 Å². The molecule has 1 aliphatic rings. The molecule has 0 spiro atoms. The van der Waals surface area contributed by atoms with Crippen molar-refractivity contribution < 1.29 is 9.53 Å². The van der Waals surface area contributed by atoms with Crippen molar-refractivity contribution in [2.75, 3.05) is 46.9 Å². The summed E-state index contributed by atoms with van der Waals surface area (Å²) in [5, 5.41) is 0. The van der Waals surface area contributed by atoms with Gasteiger partial charge >= 0.3 is 5.97 Å². The van der Waals surface area contributed by atoms with E-state index in [9.17, 15) is 4.79 Å². The first-order chi connectivity index (χ1) is 6.63. The summed E-state index contributed by atoms with van der Waals surface area (Å²) in [7, 11) is 3.57. The monoisotopic (exact) mass is 200 g/mol. The van der Waals surface area contributed by atoms with E-state index in [0.717, 1.165) is 32.7 Å². The molecule has 1 fully saturated rings. The van der Waals surface area contributed by atoms with Crippen LogP contribution in [0.4, 0.5) is 0 Å². The molecule has 0 amide bonds. The molecular formula is C10H20N2O2. The van der Waals surface area contributed by atoms with E-state index in [2.05, 4.69) is 16.8 Å². The highest BCUT2D eigenvalue weighted by Crippen LogP contribution is 2.05. The molecule has 0 radical (unpaired) electrons. The van der Waals surface area contributed by atoms with Gasteiger partial charge in [-0.3, -0.25) is 9.69 Å². The van der Waals surface area contributed by atoms with Gasteiger partial charge in [-0.15, -0.1) is 0 Å². The number of carbonyl (C=O) groups is 1. The molecule has 1 rings (SSSR count). The zero-order valence-electron chi connectivity index (χ0n) is 9.32. The Balaban J connectivity index is 2.27. The molecule has 1 atom stereocenters. The van der Waals surface area contributed by atoms with Gasteiger partial charge in [-0.2, -0.15) is 0 Å². The van der Waals surface area contributed by atoms with E-state index < -0.39 is 0 Å². The molecule has 1 heterocycles. The van der Waals surface area contributed by atoms with Gasteiger partial charge in [0.25, 0.3) is 0 Å². The molecule has 1 aliphatic heterocycles. The predicted octanol–water partition coefficient (Wildman–Crippen LogP) is 0.0429. The second-order valence-corrected chi connectivity index (χ2v) is 4.03. The third-order valence-electron chi connectivity index (χ3n) is 2.73. The number of carbonyl (C=O) groups excluding carboxylic acids is 1. The minimum absolute atomic E-state index is 0.0107. The minimum Gasteiger partial charge on any atom is -0.469 e. The third-order valence-corrected chi connectivity index (χ3v) is 2.73. The van der Waals surface area contributed by atoms with Crippen LogP contribution in [-0.4, -0.2) is 62.7 Å². The van der Waals surface area contributed by atoms with Crippen LogP contribution in [0.1, 0.15) is 6.92 Å². The SMILES string of the molecule is COC(=O)[C@H](C)CN1CCN(C)CC1. The number of piperazine rings is 1. The quantitative estimate of drug-likeness (QED) is 0.602. The fourth-order valence-corrected chi connectivity index (χ4v) is 1.69. The van der Waals surface area contributed by atoms with Crippen molar-refractivity contribution in [3.8, 4) is 0 Å². The average Bonchev–Trinajstić information content (AvgIpc) is 2.20. The summed E-state index contributed by atoms with van der Waals surface area (Å²) < 4.78 is 4.70. The summed E-state index contributed by atoms with van der Waals surface area (Å²) in [5.74, 6) is -0.118. The smallest absolute Gasteiger partial charge is 0.309 e. The Morgan fingerprint density at radius 3 is 2.43 bits per heavy atom. The largest absolute Gasteiger partial charge is 0.469 e. The summed E-state index contributed by atoms with van der Waals surface area (Å²) >= 11 is 0. The Kier molecular flexibility index (Phi) is 4.35. The second-order valence-electron chi connectivity index (χ2n) is 4.03. The lowest BCUT2D eigenvalue weighted by Gasteiger charge is -2.33. The minimum atomic E-state index is -0.107. The van der Waals surface area contributed by atoms with Gasteiger partial charge in [0.2, 0.25) is 0 Å². The number of methoxy groups -OCH3 is 1. The normalized spacial score (nSPS) is 21.9. The first-order valence-corrected chi connectivity index (χ1v) is 5.12. The Morgan fingerprint density at radius 2 is 1.93 bits per heavy atom. The van der Waals surface area contributed by atoms with Crippen LogP contribution < -0.4 is 0 Å². The summed E-state index contributed by atoms with van der Waals surface area (Å²) in [6.45, 7) is 7.03. The lowest BCUT2D eigenvalue weighted by Crippen LogP contribution is -2.46. The van der Waals surface area contributed by atoms with Crippen LogP contribution in [0, 0.1) is 5.92 Å². The number of hydrogen-bond acceptors (Lipinski definition) is 4. The van der Waals surface area contributed by atoms with Crippen LogP contribution in [0.3, 0.4) is 0 Å². The Hall–Kier alpha value is -0.610. The van der Waals surface area contributed by atoms with Gasteiger partial charge in [-0.1, -0.05) is 6.92 Å². The van der Waals surface area contributed by atoms with Crippen molar-refractivity contribution in [2.24, 2.45) is 5.92 Å². The van der Waals surface area contributed by atoms with Crippen molar-refractivity contribution in [2.45, 2.75) is 6.92 Å². The molecule has 0 aromatic rings. The second kappa shape index (κ2) is 5.32. The van der Waals surface area contributed by atoms with E-state index >= 15 is 0 Å². The van der Waals surface area contributed by atoms with E-state index in [0.29, 0.717) is 0 Å². The highest BCUT2D eigenvalue weighted by molar-refractivity contribution is 5.72. The molecule has 0 aromatic carbocycles. The molecule has 0 N–H and O–H groups in total. The molecule has 82 valence electrons. The van der Waals surface area contributed by atoms with Crippen LogP contribution in [0.15, 0.2) is 0 Å². The zero-order valence-corrected chi connectivity index (χ0v) is 9.32. The van der Waals surface area contributed by atoms with E-state index in [1.165, 1.54) is 7.11 Å². The number of esters is 1. The number of hydrogen-bond donors (Lipinski definition) is 0. The van der Waals surface area contributed by atoms with Crippen LogP contribution in [0.5, 0.6) is 0 Å². The number of rotatable bonds is 3. The van der Waals surface area contributed by atoms with Crippen molar-refractivity contribution in [3.63, 3.8) is 0 Å². The molecule has 4 heteroatoms. The Labute approximate surface area is 85.8 Å². The maximum Gasteiger partial charge on any atom is 0.309 e. The van der Waals surface area contributed by atoms with Crippen LogP contribution in [0.2, 0.25) is 0 Å². The first-order valence-electron chi connectivity index (χ1n) is 5.12. The lowest BCUT2D eigenvalue weighted by atomic mass is 10.1. The summed E-state index contributed by atoms with van der Waals surface area (Å²) in [6, 6.07) is 0. The van der Waals surface area contributed by atoms with E-state index in [4.69, 9.17) is 4.74 Å². The molecule has 1 saturated heterocycles. The molecule has 0 saturated carbocycles. The summed E-state index contributed by atoms with van der Waals surface area (Å²) in [6.07, 6.45) is 0. The molecule has 0 bridgehead atoms. The number of nitrogens with zero attached hydrogens (tertiary/aromatic N) is 2. The zero-order chi connectivity index (χ0) is 10.6. The van der Waals surface area contributed by atoms with Gasteiger partial charge in [0.05, 0.1) is 13.0 Å². The average molecular weight is 200 g/mol. The van der Waals surface area contributed by atoms with Gasteiger partial charge < -0.3 is 9.64 Å². The van der Waals surface area contributed by atoms with Crippen LogP contribution in [0.25, 0.3) is 0 Å². The molecule has 0 aliphatic carbocycles. The van der Waals surface area contributed by atoms with E-state index in [1.54, 1.807) is 0 Å². The highest BCUT2D eigenvalue weighted by Gasteiger charge is 2.20. The molecule has 4 nitrogen and oxygen atoms in total. The summed E-state index contributed by atoms with van der Waals surface area (Å²) in [4.78, 5) is 15.8. The van der Waals surface area contributed by atoms with Gasteiger partial charge in [-0.25, -0.2) is 0 Å². The maximum absolute atomic E-state index is 11.2. The fraction of sp³-hybridized carbons (Fsp3) is 0.900. The first kappa shape index (κ1) is 11.5.